The summed E-state index contributed by atoms with van der Waals surface area (Å²) in [6, 6.07) is 5.30. The van der Waals surface area contributed by atoms with Gasteiger partial charge in [0.1, 0.15) is 11.5 Å². The van der Waals surface area contributed by atoms with Crippen LogP contribution in [0.5, 0.6) is 0 Å². The first-order chi connectivity index (χ1) is 8.15. The molecule has 17 heavy (non-hydrogen) atoms. The number of hydrogen-bond donors (Lipinski definition) is 3. The smallest absolute Gasteiger partial charge is 0.269 e. The number of carbonyl (C=O) groups is 1. The number of thiophene rings is 1. The van der Waals surface area contributed by atoms with Crippen molar-refractivity contribution in [1.29, 1.82) is 0 Å². The van der Waals surface area contributed by atoms with Crippen LogP contribution in [0.2, 0.25) is 4.34 Å². The standard InChI is InChI=1S/C10H11ClN4OS/c11-8-2-1-6(17-8)3-4-13-10(16)7-5-9(12)15-14-7/h1-2,5H,3-4H2,(H,13,16)(H3,12,14,15). The number of anilines is 1. The molecule has 0 saturated heterocycles. The number of H-pyrrole nitrogens is 1. The van der Waals surface area contributed by atoms with Gasteiger partial charge in [-0.15, -0.1) is 11.3 Å². The van der Waals surface area contributed by atoms with Crippen molar-refractivity contribution in [3.8, 4) is 0 Å². The Labute approximate surface area is 107 Å². The lowest BCUT2D eigenvalue weighted by Gasteiger charge is -2.01. The molecule has 0 saturated carbocycles. The zero-order chi connectivity index (χ0) is 12.3. The number of carbonyl (C=O) groups excluding carboxylic acids is 1. The molecule has 0 radical (unpaired) electrons. The summed E-state index contributed by atoms with van der Waals surface area (Å²) in [6.07, 6.45) is 0.757. The Hall–Kier alpha value is -1.53. The van der Waals surface area contributed by atoms with Crippen LogP contribution in [0.1, 0.15) is 15.4 Å². The number of halogens is 1. The van der Waals surface area contributed by atoms with E-state index in [0.717, 1.165) is 15.6 Å². The van der Waals surface area contributed by atoms with Crippen LogP contribution in [0, 0.1) is 0 Å². The Morgan fingerprint density at radius 1 is 1.59 bits per heavy atom. The van der Waals surface area contributed by atoms with Gasteiger partial charge in [-0.25, -0.2) is 0 Å². The molecule has 2 heterocycles. The Bertz CT molecular complexity index is 522. The average Bonchev–Trinajstić information content (AvgIpc) is 2.88. The van der Waals surface area contributed by atoms with E-state index in [0.29, 0.717) is 18.1 Å². The highest BCUT2D eigenvalue weighted by molar-refractivity contribution is 7.16. The van der Waals surface area contributed by atoms with E-state index in [9.17, 15) is 4.79 Å². The molecule has 0 bridgehead atoms. The van der Waals surface area contributed by atoms with Gasteiger partial charge in [0, 0.05) is 17.5 Å². The van der Waals surface area contributed by atoms with E-state index >= 15 is 0 Å². The van der Waals surface area contributed by atoms with Gasteiger partial charge < -0.3 is 11.1 Å². The van der Waals surface area contributed by atoms with Gasteiger partial charge in [0.05, 0.1) is 4.34 Å². The summed E-state index contributed by atoms with van der Waals surface area (Å²) in [6.45, 7) is 0.550. The quantitative estimate of drug-likeness (QED) is 0.790. The number of amides is 1. The minimum absolute atomic E-state index is 0.211. The maximum absolute atomic E-state index is 11.6. The topological polar surface area (TPSA) is 83.8 Å². The molecule has 2 rings (SSSR count). The van der Waals surface area contributed by atoms with Gasteiger partial charge in [-0.05, 0) is 18.6 Å². The number of nitrogen functional groups attached to an aromatic ring is 1. The molecule has 0 spiro atoms. The highest BCUT2D eigenvalue weighted by Gasteiger charge is 2.07. The lowest BCUT2D eigenvalue weighted by Crippen LogP contribution is -2.25. The summed E-state index contributed by atoms with van der Waals surface area (Å²) in [7, 11) is 0. The van der Waals surface area contributed by atoms with Crippen molar-refractivity contribution in [2.45, 2.75) is 6.42 Å². The Morgan fingerprint density at radius 2 is 2.41 bits per heavy atom. The van der Waals surface area contributed by atoms with E-state index in [-0.39, 0.29) is 5.91 Å². The maximum Gasteiger partial charge on any atom is 0.269 e. The van der Waals surface area contributed by atoms with Gasteiger partial charge in [0.15, 0.2) is 0 Å². The minimum Gasteiger partial charge on any atom is -0.382 e. The molecule has 0 atom stereocenters. The van der Waals surface area contributed by atoms with Gasteiger partial charge in [-0.1, -0.05) is 11.6 Å². The predicted octanol–water partition coefficient (Wildman–Crippen LogP) is 1.68. The number of aromatic amines is 1. The zero-order valence-electron chi connectivity index (χ0n) is 8.87. The number of rotatable bonds is 4. The Kier molecular flexibility index (Phi) is 3.65. The van der Waals surface area contributed by atoms with Crippen molar-refractivity contribution in [2.75, 3.05) is 12.3 Å². The molecule has 0 aliphatic rings. The van der Waals surface area contributed by atoms with E-state index in [1.165, 1.54) is 17.4 Å². The third-order valence-electron chi connectivity index (χ3n) is 2.13. The summed E-state index contributed by atoms with van der Waals surface area (Å²) >= 11 is 7.32. The van der Waals surface area contributed by atoms with Crippen LogP contribution in [-0.4, -0.2) is 22.6 Å². The van der Waals surface area contributed by atoms with Gasteiger partial charge >= 0.3 is 0 Å². The largest absolute Gasteiger partial charge is 0.382 e. The molecule has 0 aliphatic heterocycles. The Morgan fingerprint density at radius 3 is 3.00 bits per heavy atom. The number of nitrogens with one attached hydrogen (secondary N) is 2. The number of nitrogens with two attached hydrogens (primary N) is 1. The summed E-state index contributed by atoms with van der Waals surface area (Å²) < 4.78 is 0.757. The van der Waals surface area contributed by atoms with Crippen LogP contribution in [0.15, 0.2) is 18.2 Å². The Balaban J connectivity index is 1.81. The molecule has 2 aromatic heterocycles. The highest BCUT2D eigenvalue weighted by atomic mass is 35.5. The molecule has 2 aromatic rings. The fourth-order valence-corrected chi connectivity index (χ4v) is 2.42. The summed E-state index contributed by atoms with van der Waals surface area (Å²) in [5.74, 6) is 0.0945. The minimum atomic E-state index is -0.211. The van der Waals surface area contributed by atoms with Crippen LogP contribution < -0.4 is 11.1 Å². The fourth-order valence-electron chi connectivity index (χ4n) is 1.33. The van der Waals surface area contributed by atoms with E-state index < -0.39 is 0 Å². The van der Waals surface area contributed by atoms with Crippen LogP contribution in [0.3, 0.4) is 0 Å². The van der Waals surface area contributed by atoms with Gasteiger partial charge in [0.2, 0.25) is 0 Å². The van der Waals surface area contributed by atoms with E-state index in [4.69, 9.17) is 17.3 Å². The summed E-state index contributed by atoms with van der Waals surface area (Å²) in [5, 5.41) is 9.00. The van der Waals surface area contributed by atoms with E-state index in [1.54, 1.807) is 0 Å². The summed E-state index contributed by atoms with van der Waals surface area (Å²) in [4.78, 5) is 12.7. The first kappa shape index (κ1) is 11.9. The normalized spacial score (nSPS) is 10.4. The molecular formula is C10H11ClN4OS. The van der Waals surface area contributed by atoms with Gasteiger partial charge in [-0.2, -0.15) is 5.10 Å². The first-order valence-electron chi connectivity index (χ1n) is 4.98. The van der Waals surface area contributed by atoms with Gasteiger partial charge in [0.25, 0.3) is 5.91 Å². The lowest BCUT2D eigenvalue weighted by molar-refractivity contribution is 0.0949. The van der Waals surface area contributed by atoms with Crippen molar-refractivity contribution in [3.63, 3.8) is 0 Å². The molecule has 0 unspecified atom stereocenters. The van der Waals surface area contributed by atoms with Gasteiger partial charge in [-0.3, -0.25) is 9.89 Å². The number of aromatic nitrogens is 2. The highest BCUT2D eigenvalue weighted by Crippen LogP contribution is 2.21. The van der Waals surface area contributed by atoms with E-state index in [2.05, 4.69) is 15.5 Å². The van der Waals surface area contributed by atoms with Crippen molar-refractivity contribution in [2.24, 2.45) is 0 Å². The second-order valence-corrected chi connectivity index (χ2v) is 5.22. The second kappa shape index (κ2) is 5.20. The lowest BCUT2D eigenvalue weighted by atomic mass is 10.3. The van der Waals surface area contributed by atoms with Crippen molar-refractivity contribution in [3.05, 3.63) is 33.1 Å². The molecule has 90 valence electrons. The maximum atomic E-state index is 11.6. The number of nitrogens with zero attached hydrogens (tertiary/aromatic N) is 1. The van der Waals surface area contributed by atoms with Crippen LogP contribution in [0.4, 0.5) is 5.82 Å². The van der Waals surface area contributed by atoms with Crippen LogP contribution in [0.25, 0.3) is 0 Å². The third kappa shape index (κ3) is 3.21. The fraction of sp³-hybridized carbons (Fsp3) is 0.200. The van der Waals surface area contributed by atoms with Crippen LogP contribution >= 0.6 is 22.9 Å². The molecule has 1 amide bonds. The molecule has 5 nitrogen and oxygen atoms in total. The first-order valence-corrected chi connectivity index (χ1v) is 6.18. The molecular weight excluding hydrogens is 260 g/mol. The molecule has 7 heteroatoms. The monoisotopic (exact) mass is 270 g/mol. The second-order valence-electron chi connectivity index (χ2n) is 3.42. The third-order valence-corrected chi connectivity index (χ3v) is 3.42. The van der Waals surface area contributed by atoms with Crippen LogP contribution in [-0.2, 0) is 6.42 Å². The van der Waals surface area contributed by atoms with Crippen molar-refractivity contribution in [1.82, 2.24) is 15.5 Å². The predicted molar refractivity (Wildman–Crippen MR) is 68.4 cm³/mol. The number of hydrogen-bond acceptors (Lipinski definition) is 4. The zero-order valence-corrected chi connectivity index (χ0v) is 10.4. The summed E-state index contributed by atoms with van der Waals surface area (Å²) in [5.41, 5.74) is 5.77. The van der Waals surface area contributed by atoms with E-state index in [1.807, 2.05) is 12.1 Å². The molecule has 0 fully saturated rings. The average molecular weight is 271 g/mol. The molecule has 0 aliphatic carbocycles. The molecule has 0 aromatic carbocycles. The molecule has 4 N–H and O–H groups in total. The van der Waals surface area contributed by atoms with Crippen molar-refractivity contribution < 1.29 is 4.79 Å². The SMILES string of the molecule is Nc1cc(C(=O)NCCc2ccc(Cl)s2)[nH]n1. The van der Waals surface area contributed by atoms with Crippen molar-refractivity contribution >= 4 is 34.7 Å².